The van der Waals surface area contributed by atoms with Gasteiger partial charge in [0.05, 0.1) is 12.7 Å². The third kappa shape index (κ3) is 2.74. The zero-order valence-electron chi connectivity index (χ0n) is 12.1. The number of hydrogen-bond donors (Lipinski definition) is 1. The summed E-state index contributed by atoms with van der Waals surface area (Å²) in [6.45, 7) is 4.95. The lowest BCUT2D eigenvalue weighted by Crippen LogP contribution is -2.06. The minimum atomic E-state index is -1.38. The van der Waals surface area contributed by atoms with Gasteiger partial charge in [-0.05, 0) is 44.5 Å². The van der Waals surface area contributed by atoms with Gasteiger partial charge in [0.2, 0.25) is 0 Å². The normalized spacial score (nSPS) is 11.4. The average molecular weight is 277 g/mol. The molecule has 0 amide bonds. The largest absolute Gasteiger partial charge is 0.465 e. The number of benzene rings is 1. The van der Waals surface area contributed by atoms with Gasteiger partial charge in [0, 0.05) is 24.4 Å². The summed E-state index contributed by atoms with van der Waals surface area (Å²) < 4.78 is 18.6. The van der Waals surface area contributed by atoms with Gasteiger partial charge in [-0.25, -0.2) is 9.18 Å². The summed E-state index contributed by atoms with van der Waals surface area (Å²) in [4.78, 5) is 14.5. The first-order valence-corrected chi connectivity index (χ1v) is 6.40. The first-order valence-electron chi connectivity index (χ1n) is 6.40. The van der Waals surface area contributed by atoms with E-state index in [2.05, 4.69) is 9.72 Å². The number of aromatic amines is 1. The van der Waals surface area contributed by atoms with Gasteiger partial charge in [-0.3, -0.25) is 0 Å². The topological polar surface area (TPSA) is 42.1 Å². The Hall–Kier alpha value is -2.10. The molecule has 0 aliphatic rings. The molecule has 1 heterocycles. The van der Waals surface area contributed by atoms with E-state index < -0.39 is 5.67 Å². The smallest absolute Gasteiger partial charge is 0.337 e. The van der Waals surface area contributed by atoms with Crippen LogP contribution in [0.5, 0.6) is 0 Å². The molecule has 4 heteroatoms. The van der Waals surface area contributed by atoms with Crippen LogP contribution in [0.3, 0.4) is 0 Å². The first-order chi connectivity index (χ1) is 9.32. The van der Waals surface area contributed by atoms with Crippen LogP contribution in [0.25, 0.3) is 11.3 Å². The van der Waals surface area contributed by atoms with Crippen LogP contribution in [-0.4, -0.2) is 18.1 Å². The number of esters is 1. The summed E-state index contributed by atoms with van der Waals surface area (Å²) in [5.74, 6) is -0.364. The minimum absolute atomic E-state index is 0. The monoisotopic (exact) mass is 277 g/mol. The van der Waals surface area contributed by atoms with Crippen LogP contribution in [0, 0.1) is 6.92 Å². The van der Waals surface area contributed by atoms with E-state index in [1.807, 2.05) is 13.0 Å². The minimum Gasteiger partial charge on any atom is -0.465 e. The van der Waals surface area contributed by atoms with Gasteiger partial charge in [0.25, 0.3) is 0 Å². The van der Waals surface area contributed by atoms with Crippen LogP contribution >= 0.6 is 0 Å². The van der Waals surface area contributed by atoms with Crippen molar-refractivity contribution in [3.8, 4) is 11.3 Å². The van der Waals surface area contributed by atoms with Crippen LogP contribution in [0.1, 0.15) is 36.8 Å². The standard InChI is InChI=1S/C16H18FNO2.H2/c1-10-7-11(15(19)20-4)5-6-13(10)14-8-12(9-18-14)16(2,3)17;/h5-9,18H,1-4H3;1H. The maximum Gasteiger partial charge on any atom is 0.337 e. The van der Waals surface area contributed by atoms with Crippen molar-refractivity contribution in [1.82, 2.24) is 4.98 Å². The van der Waals surface area contributed by atoms with Crippen molar-refractivity contribution in [2.75, 3.05) is 7.11 Å². The zero-order valence-corrected chi connectivity index (χ0v) is 12.1. The van der Waals surface area contributed by atoms with E-state index in [1.165, 1.54) is 21.0 Å². The number of nitrogens with one attached hydrogen (secondary N) is 1. The van der Waals surface area contributed by atoms with Crippen molar-refractivity contribution in [3.63, 3.8) is 0 Å². The quantitative estimate of drug-likeness (QED) is 0.853. The molecule has 0 bridgehead atoms. The number of halogens is 1. The third-order valence-corrected chi connectivity index (χ3v) is 3.31. The third-order valence-electron chi connectivity index (χ3n) is 3.31. The number of aromatic nitrogens is 1. The van der Waals surface area contributed by atoms with E-state index in [9.17, 15) is 9.18 Å². The molecule has 108 valence electrons. The lowest BCUT2D eigenvalue weighted by molar-refractivity contribution is 0.0600. The molecule has 0 saturated heterocycles. The lowest BCUT2D eigenvalue weighted by Gasteiger charge is -2.11. The van der Waals surface area contributed by atoms with E-state index >= 15 is 0 Å². The maximum atomic E-state index is 13.9. The fraction of sp³-hybridized carbons (Fsp3) is 0.312. The molecule has 0 aliphatic heterocycles. The number of carbonyl (C=O) groups excluding carboxylic acids is 1. The van der Waals surface area contributed by atoms with Crippen LogP contribution in [-0.2, 0) is 10.4 Å². The second kappa shape index (κ2) is 5.12. The molecular formula is C16H20FNO2. The van der Waals surface area contributed by atoms with Crippen molar-refractivity contribution >= 4 is 5.97 Å². The van der Waals surface area contributed by atoms with Gasteiger partial charge >= 0.3 is 5.97 Å². The number of carbonyl (C=O) groups is 1. The Balaban J connectivity index is 0.00000220. The number of H-pyrrole nitrogens is 1. The van der Waals surface area contributed by atoms with Crippen molar-refractivity contribution in [2.24, 2.45) is 0 Å². The molecule has 0 unspecified atom stereocenters. The van der Waals surface area contributed by atoms with Gasteiger partial charge in [0.1, 0.15) is 5.67 Å². The van der Waals surface area contributed by atoms with Crippen molar-refractivity contribution in [3.05, 3.63) is 47.2 Å². The number of aryl methyl sites for hydroxylation is 1. The van der Waals surface area contributed by atoms with E-state index in [4.69, 9.17) is 0 Å². The molecule has 0 spiro atoms. The first kappa shape index (κ1) is 14.3. The summed E-state index contributed by atoms with van der Waals surface area (Å²) in [6, 6.07) is 7.10. The molecule has 3 nitrogen and oxygen atoms in total. The van der Waals surface area contributed by atoms with Crippen LogP contribution in [0.2, 0.25) is 0 Å². The molecule has 0 atom stereocenters. The number of hydrogen-bond acceptors (Lipinski definition) is 2. The molecule has 20 heavy (non-hydrogen) atoms. The molecular weight excluding hydrogens is 257 g/mol. The van der Waals surface area contributed by atoms with E-state index in [1.54, 1.807) is 24.4 Å². The van der Waals surface area contributed by atoms with Crippen LogP contribution < -0.4 is 0 Å². The molecule has 1 aromatic heterocycles. The molecule has 0 fully saturated rings. The summed E-state index contributed by atoms with van der Waals surface area (Å²) in [5, 5.41) is 0. The highest BCUT2D eigenvalue weighted by Gasteiger charge is 2.21. The lowest BCUT2D eigenvalue weighted by atomic mass is 10.00. The fourth-order valence-electron chi connectivity index (χ4n) is 2.10. The molecule has 0 saturated carbocycles. The Morgan fingerprint density at radius 2 is 2.05 bits per heavy atom. The predicted molar refractivity (Wildman–Crippen MR) is 78.6 cm³/mol. The summed E-state index contributed by atoms with van der Waals surface area (Å²) in [7, 11) is 1.35. The Morgan fingerprint density at radius 3 is 2.55 bits per heavy atom. The predicted octanol–water partition coefficient (Wildman–Crippen LogP) is 4.23. The fourth-order valence-corrected chi connectivity index (χ4v) is 2.10. The number of rotatable bonds is 3. The highest BCUT2D eigenvalue weighted by Crippen LogP contribution is 2.30. The highest BCUT2D eigenvalue weighted by atomic mass is 19.1. The molecule has 1 aromatic carbocycles. The van der Waals surface area contributed by atoms with Gasteiger partial charge in [0.15, 0.2) is 0 Å². The van der Waals surface area contributed by atoms with Gasteiger partial charge in [-0.2, -0.15) is 0 Å². The molecule has 2 aromatic rings. The average Bonchev–Trinajstić information content (AvgIpc) is 2.87. The van der Waals surface area contributed by atoms with E-state index in [-0.39, 0.29) is 7.40 Å². The van der Waals surface area contributed by atoms with Crippen molar-refractivity contribution in [1.29, 1.82) is 0 Å². The molecule has 1 N–H and O–H groups in total. The summed E-state index contributed by atoms with van der Waals surface area (Å²) in [5.41, 5.74) is 2.43. The van der Waals surface area contributed by atoms with E-state index in [0.29, 0.717) is 11.1 Å². The van der Waals surface area contributed by atoms with Crippen LogP contribution in [0.4, 0.5) is 4.39 Å². The molecule has 2 rings (SSSR count). The Morgan fingerprint density at radius 1 is 1.35 bits per heavy atom. The Bertz CT molecular complexity index is 644. The Labute approximate surface area is 119 Å². The van der Waals surface area contributed by atoms with Gasteiger partial charge < -0.3 is 9.72 Å². The van der Waals surface area contributed by atoms with Crippen LogP contribution in [0.15, 0.2) is 30.5 Å². The number of methoxy groups -OCH3 is 1. The SMILES string of the molecule is COC(=O)c1ccc(-c2cc(C(C)(C)F)c[nH]2)c(C)c1.[HH]. The second-order valence-corrected chi connectivity index (χ2v) is 5.30. The summed E-state index contributed by atoms with van der Waals surface area (Å²) >= 11 is 0. The number of ether oxygens (including phenoxy) is 1. The molecule has 0 aliphatic carbocycles. The Kier molecular flexibility index (Phi) is 3.66. The van der Waals surface area contributed by atoms with Gasteiger partial charge in [-0.1, -0.05) is 6.07 Å². The number of alkyl halides is 1. The maximum absolute atomic E-state index is 13.9. The van der Waals surface area contributed by atoms with E-state index in [0.717, 1.165) is 16.8 Å². The van der Waals surface area contributed by atoms with Crippen molar-refractivity contribution in [2.45, 2.75) is 26.4 Å². The highest BCUT2D eigenvalue weighted by molar-refractivity contribution is 5.90. The molecule has 0 radical (unpaired) electrons. The second-order valence-electron chi connectivity index (χ2n) is 5.30. The summed E-state index contributed by atoms with van der Waals surface area (Å²) in [6.07, 6.45) is 1.67. The van der Waals surface area contributed by atoms with Gasteiger partial charge in [-0.15, -0.1) is 0 Å². The van der Waals surface area contributed by atoms with Crippen molar-refractivity contribution < 1.29 is 15.3 Å². The zero-order chi connectivity index (χ0) is 14.9.